The number of nitrogens with one attached hydrogen (secondary N) is 1. The number of hydrogen-bond donors (Lipinski definition) is 1. The third kappa shape index (κ3) is 3.57. The van der Waals surface area contributed by atoms with Gasteiger partial charge in [0, 0.05) is 11.0 Å². The Kier molecular flexibility index (Phi) is 4.74. The predicted molar refractivity (Wildman–Crippen MR) is 79.2 cm³/mol. The van der Waals surface area contributed by atoms with Gasteiger partial charge in [-0.15, -0.1) is 0 Å². The van der Waals surface area contributed by atoms with E-state index in [2.05, 4.69) is 26.0 Å². The first kappa shape index (κ1) is 14.5. The van der Waals surface area contributed by atoms with Crippen LogP contribution < -0.4 is 5.32 Å². The topological polar surface area (TPSA) is 38.3 Å². The zero-order valence-corrected chi connectivity index (χ0v) is 12.4. The number of methoxy groups -OCH3 is 1. The SMILES string of the molecule is COC(=O)c1ccc(F)c(NCc2ccc(Br)cc2)c1. The fraction of sp³-hybridized carbons (Fsp3) is 0.133. The Morgan fingerprint density at radius 1 is 1.25 bits per heavy atom. The number of halogens is 2. The van der Waals surface area contributed by atoms with E-state index in [1.807, 2.05) is 24.3 Å². The van der Waals surface area contributed by atoms with Gasteiger partial charge in [0.1, 0.15) is 5.82 Å². The summed E-state index contributed by atoms with van der Waals surface area (Å²) >= 11 is 3.35. The van der Waals surface area contributed by atoms with Crippen molar-refractivity contribution in [2.45, 2.75) is 6.54 Å². The second kappa shape index (κ2) is 6.52. The second-order valence-electron chi connectivity index (χ2n) is 4.17. The number of carbonyl (C=O) groups is 1. The van der Waals surface area contributed by atoms with Crippen LogP contribution in [0.15, 0.2) is 46.9 Å². The van der Waals surface area contributed by atoms with Crippen molar-refractivity contribution in [1.29, 1.82) is 0 Å². The van der Waals surface area contributed by atoms with Crippen molar-refractivity contribution in [3.05, 3.63) is 63.9 Å². The van der Waals surface area contributed by atoms with Crippen molar-refractivity contribution in [3.8, 4) is 0 Å². The van der Waals surface area contributed by atoms with Crippen molar-refractivity contribution in [2.24, 2.45) is 0 Å². The molecular weight excluding hydrogens is 325 g/mol. The standard InChI is InChI=1S/C15H13BrFNO2/c1-20-15(19)11-4-7-13(17)14(8-11)18-9-10-2-5-12(16)6-3-10/h2-8,18H,9H2,1H3. The number of ether oxygens (including phenoxy) is 1. The highest BCUT2D eigenvalue weighted by Crippen LogP contribution is 2.18. The Labute approximate surface area is 124 Å². The normalized spacial score (nSPS) is 10.2. The largest absolute Gasteiger partial charge is 0.465 e. The number of hydrogen-bond acceptors (Lipinski definition) is 3. The maximum atomic E-state index is 13.7. The van der Waals surface area contributed by atoms with Crippen LogP contribution in [0.1, 0.15) is 15.9 Å². The van der Waals surface area contributed by atoms with Crippen LogP contribution in [-0.4, -0.2) is 13.1 Å². The molecule has 0 radical (unpaired) electrons. The quantitative estimate of drug-likeness (QED) is 0.857. The molecule has 0 saturated heterocycles. The molecule has 0 fully saturated rings. The van der Waals surface area contributed by atoms with Crippen molar-refractivity contribution < 1.29 is 13.9 Å². The van der Waals surface area contributed by atoms with Crippen molar-refractivity contribution in [2.75, 3.05) is 12.4 Å². The van der Waals surface area contributed by atoms with Gasteiger partial charge < -0.3 is 10.1 Å². The molecule has 2 aromatic carbocycles. The summed E-state index contributed by atoms with van der Waals surface area (Å²) in [5.74, 6) is -0.897. The lowest BCUT2D eigenvalue weighted by Crippen LogP contribution is -2.05. The van der Waals surface area contributed by atoms with Gasteiger partial charge in [0.2, 0.25) is 0 Å². The fourth-order valence-electron chi connectivity index (χ4n) is 1.71. The highest BCUT2D eigenvalue weighted by molar-refractivity contribution is 9.10. The van der Waals surface area contributed by atoms with Gasteiger partial charge in [-0.05, 0) is 35.9 Å². The van der Waals surface area contributed by atoms with Crippen LogP contribution in [0.4, 0.5) is 10.1 Å². The lowest BCUT2D eigenvalue weighted by atomic mass is 10.1. The van der Waals surface area contributed by atoms with Gasteiger partial charge >= 0.3 is 5.97 Å². The highest BCUT2D eigenvalue weighted by Gasteiger charge is 2.09. The smallest absolute Gasteiger partial charge is 0.337 e. The van der Waals surface area contributed by atoms with Gasteiger partial charge in [0.15, 0.2) is 0 Å². The summed E-state index contributed by atoms with van der Waals surface area (Å²) in [6.45, 7) is 0.467. The molecule has 0 amide bonds. The molecule has 0 unspecified atom stereocenters. The van der Waals surface area contributed by atoms with Crippen LogP contribution in [0.3, 0.4) is 0 Å². The average molecular weight is 338 g/mol. The first-order valence-corrected chi connectivity index (χ1v) is 6.75. The summed E-state index contributed by atoms with van der Waals surface area (Å²) in [4.78, 5) is 11.4. The summed E-state index contributed by atoms with van der Waals surface area (Å²) in [5, 5.41) is 2.97. The third-order valence-electron chi connectivity index (χ3n) is 2.78. The molecular formula is C15H13BrFNO2. The van der Waals surface area contributed by atoms with Gasteiger partial charge in [-0.2, -0.15) is 0 Å². The fourth-order valence-corrected chi connectivity index (χ4v) is 1.97. The summed E-state index contributed by atoms with van der Waals surface area (Å²) in [6, 6.07) is 11.8. The van der Waals surface area contributed by atoms with Crippen LogP contribution >= 0.6 is 15.9 Å². The van der Waals surface area contributed by atoms with Gasteiger partial charge in [0.05, 0.1) is 18.4 Å². The maximum absolute atomic E-state index is 13.7. The second-order valence-corrected chi connectivity index (χ2v) is 5.08. The van der Waals surface area contributed by atoms with E-state index < -0.39 is 11.8 Å². The molecule has 1 N–H and O–H groups in total. The van der Waals surface area contributed by atoms with Gasteiger partial charge in [0.25, 0.3) is 0 Å². The number of anilines is 1. The van der Waals surface area contributed by atoms with Gasteiger partial charge in [-0.3, -0.25) is 0 Å². The van der Waals surface area contributed by atoms with E-state index in [-0.39, 0.29) is 5.69 Å². The minimum absolute atomic E-state index is 0.274. The predicted octanol–water partition coefficient (Wildman–Crippen LogP) is 3.99. The Bertz CT molecular complexity index is 614. The monoisotopic (exact) mass is 337 g/mol. The van der Waals surface area contributed by atoms with E-state index in [1.54, 1.807) is 0 Å². The van der Waals surface area contributed by atoms with Crippen molar-refractivity contribution in [1.82, 2.24) is 0 Å². The minimum Gasteiger partial charge on any atom is -0.465 e. The van der Waals surface area contributed by atoms with Crippen molar-refractivity contribution in [3.63, 3.8) is 0 Å². The molecule has 5 heteroatoms. The molecule has 0 aromatic heterocycles. The maximum Gasteiger partial charge on any atom is 0.337 e. The molecule has 20 heavy (non-hydrogen) atoms. The number of carbonyl (C=O) groups excluding carboxylic acids is 1. The van der Waals surface area contributed by atoms with E-state index in [4.69, 9.17) is 0 Å². The average Bonchev–Trinajstić information content (AvgIpc) is 2.47. The van der Waals surface area contributed by atoms with Crippen LogP contribution in [0.2, 0.25) is 0 Å². The molecule has 104 valence electrons. The Balaban J connectivity index is 2.12. The minimum atomic E-state index is -0.489. The van der Waals surface area contributed by atoms with E-state index in [9.17, 15) is 9.18 Å². The summed E-state index contributed by atoms with van der Waals surface area (Å²) < 4.78 is 19.3. The Hall–Kier alpha value is -1.88. The van der Waals surface area contributed by atoms with E-state index in [0.29, 0.717) is 12.1 Å². The number of rotatable bonds is 4. The lowest BCUT2D eigenvalue weighted by molar-refractivity contribution is 0.0600. The summed E-state index contributed by atoms with van der Waals surface area (Å²) in [5.41, 5.74) is 1.60. The van der Waals surface area contributed by atoms with Crippen LogP contribution in [-0.2, 0) is 11.3 Å². The van der Waals surface area contributed by atoms with E-state index in [1.165, 1.54) is 25.3 Å². The molecule has 0 saturated carbocycles. The molecule has 0 spiro atoms. The molecule has 0 aliphatic rings. The molecule has 0 aliphatic heterocycles. The van der Waals surface area contributed by atoms with Crippen LogP contribution in [0, 0.1) is 5.82 Å². The first-order chi connectivity index (χ1) is 9.60. The summed E-state index contributed by atoms with van der Waals surface area (Å²) in [6.07, 6.45) is 0. The van der Waals surface area contributed by atoms with E-state index >= 15 is 0 Å². The zero-order chi connectivity index (χ0) is 14.5. The number of esters is 1. The molecule has 0 heterocycles. The van der Waals surface area contributed by atoms with E-state index in [0.717, 1.165) is 10.0 Å². The molecule has 2 rings (SSSR count). The molecule has 0 atom stereocenters. The number of benzene rings is 2. The van der Waals surface area contributed by atoms with Gasteiger partial charge in [-0.25, -0.2) is 9.18 Å². The van der Waals surface area contributed by atoms with Crippen LogP contribution in [0.5, 0.6) is 0 Å². The highest BCUT2D eigenvalue weighted by atomic mass is 79.9. The molecule has 0 bridgehead atoms. The van der Waals surface area contributed by atoms with Gasteiger partial charge in [-0.1, -0.05) is 28.1 Å². The molecule has 0 aliphatic carbocycles. The molecule has 3 nitrogen and oxygen atoms in total. The van der Waals surface area contributed by atoms with Crippen LogP contribution in [0.25, 0.3) is 0 Å². The van der Waals surface area contributed by atoms with Crippen molar-refractivity contribution >= 4 is 27.6 Å². The lowest BCUT2D eigenvalue weighted by Gasteiger charge is -2.09. The summed E-state index contributed by atoms with van der Waals surface area (Å²) in [7, 11) is 1.29. The Morgan fingerprint density at radius 3 is 2.60 bits per heavy atom. The molecule has 2 aromatic rings. The zero-order valence-electron chi connectivity index (χ0n) is 10.8. The third-order valence-corrected chi connectivity index (χ3v) is 3.31. The Morgan fingerprint density at radius 2 is 1.95 bits per heavy atom. The first-order valence-electron chi connectivity index (χ1n) is 5.96.